The Hall–Kier alpha value is -7.43. The standard InChI is InChI=1S/C51H33N3O/c1-4-15-34(16-5-1)39-31-40(33-41(32-39)43-24-14-25-45-44-22-12-13-26-47(44)55-48(43)45)35-27-29-38(30-28-35)50-52-49(37-19-8-3-9-20-37)53-51(54-50)46-23-11-10-21-42(46)36-17-6-2-7-18-36/h1-33H. The van der Waals surface area contributed by atoms with Crippen molar-refractivity contribution in [1.29, 1.82) is 0 Å². The minimum Gasteiger partial charge on any atom is -0.455 e. The van der Waals surface area contributed by atoms with E-state index in [9.17, 15) is 0 Å². The lowest BCUT2D eigenvalue weighted by molar-refractivity contribution is 0.670. The maximum Gasteiger partial charge on any atom is 0.164 e. The lowest BCUT2D eigenvalue weighted by Gasteiger charge is -2.13. The van der Waals surface area contributed by atoms with E-state index in [4.69, 9.17) is 19.4 Å². The van der Waals surface area contributed by atoms with Crippen molar-refractivity contribution in [2.75, 3.05) is 0 Å². The second-order valence-electron chi connectivity index (χ2n) is 13.6. The number of benzene rings is 8. The van der Waals surface area contributed by atoms with Crippen molar-refractivity contribution in [3.63, 3.8) is 0 Å². The number of rotatable bonds is 7. The third-order valence-corrected chi connectivity index (χ3v) is 10.2. The van der Waals surface area contributed by atoms with E-state index in [1.807, 2.05) is 54.6 Å². The second-order valence-corrected chi connectivity index (χ2v) is 13.6. The predicted octanol–water partition coefficient (Wildman–Crippen LogP) is 13.4. The summed E-state index contributed by atoms with van der Waals surface area (Å²) in [7, 11) is 0. The molecule has 8 aromatic carbocycles. The molecular weight excluding hydrogens is 671 g/mol. The zero-order chi connectivity index (χ0) is 36.6. The molecule has 0 saturated heterocycles. The molecule has 0 bridgehead atoms. The first-order valence-electron chi connectivity index (χ1n) is 18.4. The van der Waals surface area contributed by atoms with Crippen LogP contribution in [0.3, 0.4) is 0 Å². The van der Waals surface area contributed by atoms with E-state index in [1.165, 1.54) is 0 Å². The molecule has 0 atom stereocenters. The van der Waals surface area contributed by atoms with Gasteiger partial charge in [0.05, 0.1) is 0 Å². The smallest absolute Gasteiger partial charge is 0.164 e. The molecule has 4 heteroatoms. The van der Waals surface area contributed by atoms with Crippen LogP contribution in [-0.4, -0.2) is 15.0 Å². The number of para-hydroxylation sites is 2. The van der Waals surface area contributed by atoms with Crippen LogP contribution in [0.15, 0.2) is 205 Å². The van der Waals surface area contributed by atoms with E-state index in [2.05, 4.69) is 146 Å². The molecule has 0 fully saturated rings. The molecule has 2 heterocycles. The normalized spacial score (nSPS) is 11.3. The van der Waals surface area contributed by atoms with E-state index in [-0.39, 0.29) is 0 Å². The Bertz CT molecular complexity index is 2950. The molecule has 0 saturated carbocycles. The molecule has 0 spiro atoms. The first-order valence-corrected chi connectivity index (χ1v) is 18.4. The van der Waals surface area contributed by atoms with Gasteiger partial charge in [0.25, 0.3) is 0 Å². The SMILES string of the molecule is c1ccc(-c2cc(-c3ccc(-c4nc(-c5ccccc5)nc(-c5ccccc5-c5ccccc5)n4)cc3)cc(-c3cccc4c3oc3ccccc34)c2)cc1. The van der Waals surface area contributed by atoms with Crippen molar-refractivity contribution < 1.29 is 4.42 Å². The molecule has 258 valence electrons. The number of hydrogen-bond acceptors (Lipinski definition) is 4. The van der Waals surface area contributed by atoms with Gasteiger partial charge < -0.3 is 4.42 Å². The maximum atomic E-state index is 6.49. The first kappa shape index (κ1) is 32.2. The maximum absolute atomic E-state index is 6.49. The van der Waals surface area contributed by atoms with E-state index in [0.717, 1.165) is 83.1 Å². The third-order valence-electron chi connectivity index (χ3n) is 10.2. The highest BCUT2D eigenvalue weighted by Crippen LogP contribution is 2.40. The summed E-state index contributed by atoms with van der Waals surface area (Å²) in [6.07, 6.45) is 0. The monoisotopic (exact) mass is 703 g/mol. The summed E-state index contributed by atoms with van der Waals surface area (Å²) >= 11 is 0. The van der Waals surface area contributed by atoms with Crippen LogP contribution in [0.4, 0.5) is 0 Å². The molecule has 0 radical (unpaired) electrons. The molecular formula is C51H33N3O. The van der Waals surface area contributed by atoms with Crippen LogP contribution in [0, 0.1) is 0 Å². The van der Waals surface area contributed by atoms with Gasteiger partial charge in [-0.3, -0.25) is 0 Å². The summed E-state index contributed by atoms with van der Waals surface area (Å²) in [6.45, 7) is 0. The van der Waals surface area contributed by atoms with Gasteiger partial charge in [0.1, 0.15) is 11.2 Å². The van der Waals surface area contributed by atoms with Crippen molar-refractivity contribution in [3.05, 3.63) is 200 Å². The van der Waals surface area contributed by atoms with Crippen molar-refractivity contribution in [1.82, 2.24) is 15.0 Å². The van der Waals surface area contributed by atoms with Gasteiger partial charge >= 0.3 is 0 Å². The molecule has 2 aromatic heterocycles. The first-order chi connectivity index (χ1) is 27.2. The Kier molecular flexibility index (Phi) is 8.12. The van der Waals surface area contributed by atoms with Crippen LogP contribution >= 0.6 is 0 Å². The van der Waals surface area contributed by atoms with Crippen LogP contribution in [-0.2, 0) is 0 Å². The van der Waals surface area contributed by atoms with Gasteiger partial charge in [-0.2, -0.15) is 0 Å². The Morgan fingerprint density at radius 3 is 1.42 bits per heavy atom. The fourth-order valence-corrected chi connectivity index (χ4v) is 7.42. The average molecular weight is 704 g/mol. The lowest BCUT2D eigenvalue weighted by Crippen LogP contribution is -2.01. The molecule has 0 unspecified atom stereocenters. The van der Waals surface area contributed by atoms with Gasteiger partial charge in [-0.25, -0.2) is 15.0 Å². The van der Waals surface area contributed by atoms with Crippen LogP contribution < -0.4 is 0 Å². The molecule has 10 rings (SSSR count). The van der Waals surface area contributed by atoms with Gasteiger partial charge in [0.2, 0.25) is 0 Å². The van der Waals surface area contributed by atoms with Crippen LogP contribution in [0.5, 0.6) is 0 Å². The number of nitrogens with zero attached hydrogens (tertiary/aromatic N) is 3. The minimum absolute atomic E-state index is 0.619. The van der Waals surface area contributed by atoms with E-state index >= 15 is 0 Å². The van der Waals surface area contributed by atoms with E-state index < -0.39 is 0 Å². The summed E-state index contributed by atoms with van der Waals surface area (Å²) < 4.78 is 6.49. The van der Waals surface area contributed by atoms with Gasteiger partial charge in [0, 0.05) is 33.0 Å². The average Bonchev–Trinajstić information content (AvgIpc) is 3.66. The van der Waals surface area contributed by atoms with Crippen molar-refractivity contribution in [2.45, 2.75) is 0 Å². The third kappa shape index (κ3) is 6.16. The molecule has 0 aliphatic carbocycles. The summed E-state index contributed by atoms with van der Waals surface area (Å²) in [6, 6.07) is 69.3. The quantitative estimate of drug-likeness (QED) is 0.166. The fourth-order valence-electron chi connectivity index (χ4n) is 7.42. The molecule has 0 aliphatic heterocycles. The van der Waals surface area contributed by atoms with Gasteiger partial charge in [0.15, 0.2) is 17.5 Å². The Morgan fingerprint density at radius 1 is 0.273 bits per heavy atom. The summed E-state index contributed by atoms with van der Waals surface area (Å²) in [5, 5.41) is 2.23. The highest BCUT2D eigenvalue weighted by atomic mass is 16.3. The highest BCUT2D eigenvalue weighted by Gasteiger charge is 2.17. The zero-order valence-corrected chi connectivity index (χ0v) is 29.8. The van der Waals surface area contributed by atoms with Crippen molar-refractivity contribution >= 4 is 21.9 Å². The molecule has 0 amide bonds. The Labute approximate surface area is 319 Å². The zero-order valence-electron chi connectivity index (χ0n) is 29.8. The van der Waals surface area contributed by atoms with Crippen LogP contribution in [0.25, 0.3) is 101 Å². The minimum atomic E-state index is 0.619. The highest BCUT2D eigenvalue weighted by molar-refractivity contribution is 6.09. The number of aromatic nitrogens is 3. The Balaban J connectivity index is 1.09. The Morgan fingerprint density at radius 2 is 0.727 bits per heavy atom. The van der Waals surface area contributed by atoms with Gasteiger partial charge in [-0.1, -0.05) is 176 Å². The van der Waals surface area contributed by atoms with Crippen LogP contribution in [0.1, 0.15) is 0 Å². The van der Waals surface area contributed by atoms with Crippen molar-refractivity contribution in [2.24, 2.45) is 0 Å². The molecule has 4 nitrogen and oxygen atoms in total. The van der Waals surface area contributed by atoms with E-state index in [0.29, 0.717) is 17.5 Å². The van der Waals surface area contributed by atoms with Gasteiger partial charge in [-0.05, 0) is 63.2 Å². The topological polar surface area (TPSA) is 51.8 Å². The summed E-state index contributed by atoms with van der Waals surface area (Å²) in [5.74, 6) is 1.88. The molecule has 55 heavy (non-hydrogen) atoms. The predicted molar refractivity (Wildman–Crippen MR) is 225 cm³/mol. The number of hydrogen-bond donors (Lipinski definition) is 0. The van der Waals surface area contributed by atoms with E-state index in [1.54, 1.807) is 0 Å². The number of furan rings is 1. The lowest BCUT2D eigenvalue weighted by atomic mass is 9.92. The second kappa shape index (κ2) is 13.8. The number of fused-ring (bicyclic) bond motifs is 3. The largest absolute Gasteiger partial charge is 0.455 e. The summed E-state index contributed by atoms with van der Waals surface area (Å²) in [5.41, 5.74) is 13.4. The molecule has 10 aromatic rings. The van der Waals surface area contributed by atoms with Gasteiger partial charge in [-0.15, -0.1) is 0 Å². The fraction of sp³-hybridized carbons (Fsp3) is 0. The summed E-state index contributed by atoms with van der Waals surface area (Å²) in [4.78, 5) is 15.2. The van der Waals surface area contributed by atoms with Crippen LogP contribution in [0.2, 0.25) is 0 Å². The molecule has 0 aliphatic rings. The molecule has 0 N–H and O–H groups in total. The van der Waals surface area contributed by atoms with Crippen molar-refractivity contribution in [3.8, 4) is 78.7 Å².